The van der Waals surface area contributed by atoms with Gasteiger partial charge in [-0.15, -0.1) is 0 Å². The molecule has 1 aromatic rings. The summed E-state index contributed by atoms with van der Waals surface area (Å²) in [5.74, 6) is 0. The average molecular weight is 232 g/mol. The summed E-state index contributed by atoms with van der Waals surface area (Å²) in [6.45, 7) is 6.86. The molecular weight excluding hydrogens is 208 g/mol. The second kappa shape index (κ2) is 5.07. The van der Waals surface area contributed by atoms with Crippen LogP contribution >= 0.6 is 0 Å². The highest BCUT2D eigenvalue weighted by Crippen LogP contribution is 2.34. The van der Waals surface area contributed by atoms with Gasteiger partial charge in [-0.3, -0.25) is 4.98 Å². The number of nitrogens with zero attached hydrogens (tertiary/aromatic N) is 1. The van der Waals surface area contributed by atoms with Crippen molar-refractivity contribution in [2.24, 2.45) is 5.41 Å². The fraction of sp³-hybridized carbons (Fsp3) is 0.667. The lowest BCUT2D eigenvalue weighted by Crippen LogP contribution is -2.20. The van der Waals surface area contributed by atoms with Crippen molar-refractivity contribution in [3.05, 3.63) is 24.0 Å². The van der Waals surface area contributed by atoms with Crippen molar-refractivity contribution in [3.8, 4) is 0 Å². The summed E-state index contributed by atoms with van der Waals surface area (Å²) in [5, 5.41) is 3.66. The van der Waals surface area contributed by atoms with Gasteiger partial charge in [0, 0.05) is 12.2 Å². The van der Waals surface area contributed by atoms with E-state index in [0.717, 1.165) is 5.69 Å². The molecule has 1 aromatic heterocycles. The highest BCUT2D eigenvalue weighted by atomic mass is 14.9. The fourth-order valence-corrected chi connectivity index (χ4v) is 2.66. The molecule has 0 spiro atoms. The second-order valence-electron chi connectivity index (χ2n) is 6.07. The van der Waals surface area contributed by atoms with Gasteiger partial charge in [0.25, 0.3) is 0 Å². The summed E-state index contributed by atoms with van der Waals surface area (Å²) in [6, 6.07) is 4.77. The molecule has 17 heavy (non-hydrogen) atoms. The van der Waals surface area contributed by atoms with Crippen LogP contribution in [0.1, 0.15) is 51.6 Å². The van der Waals surface area contributed by atoms with Crippen LogP contribution in [0.25, 0.3) is 0 Å². The van der Waals surface area contributed by atoms with Gasteiger partial charge in [0.1, 0.15) is 0 Å². The summed E-state index contributed by atoms with van der Waals surface area (Å²) in [7, 11) is 0. The first-order valence-electron chi connectivity index (χ1n) is 6.75. The van der Waals surface area contributed by atoms with E-state index in [1.807, 2.05) is 12.3 Å². The molecule has 0 bridgehead atoms. The van der Waals surface area contributed by atoms with E-state index in [9.17, 15) is 0 Å². The fourth-order valence-electron chi connectivity index (χ4n) is 2.66. The maximum Gasteiger partial charge on any atom is 0.0603 e. The van der Waals surface area contributed by atoms with Crippen LogP contribution in [0.4, 0.5) is 5.69 Å². The van der Waals surface area contributed by atoms with Gasteiger partial charge in [0.2, 0.25) is 0 Å². The van der Waals surface area contributed by atoms with Crippen LogP contribution in [0.3, 0.4) is 0 Å². The third-order valence-corrected chi connectivity index (χ3v) is 3.94. The van der Waals surface area contributed by atoms with Crippen LogP contribution in [0.2, 0.25) is 0 Å². The lowest BCUT2D eigenvalue weighted by molar-refractivity contribution is 0.313. The molecule has 1 saturated carbocycles. The summed E-state index contributed by atoms with van der Waals surface area (Å²) in [6.07, 6.45) is 8.45. The Kier molecular flexibility index (Phi) is 3.70. The molecule has 0 radical (unpaired) electrons. The molecule has 0 aromatic carbocycles. The van der Waals surface area contributed by atoms with Gasteiger partial charge >= 0.3 is 0 Å². The molecule has 1 N–H and O–H groups in total. The predicted octanol–water partition coefficient (Wildman–Crippen LogP) is 4.16. The predicted molar refractivity (Wildman–Crippen MR) is 73.3 cm³/mol. The van der Waals surface area contributed by atoms with Gasteiger partial charge in [-0.1, -0.05) is 20.3 Å². The van der Waals surface area contributed by atoms with E-state index in [4.69, 9.17) is 0 Å². The zero-order chi connectivity index (χ0) is 12.3. The number of aromatic nitrogens is 1. The molecule has 0 amide bonds. The number of aryl methyl sites for hydroxylation is 1. The molecule has 2 heteroatoms. The Morgan fingerprint density at radius 1 is 1.29 bits per heavy atom. The van der Waals surface area contributed by atoms with E-state index < -0.39 is 0 Å². The van der Waals surface area contributed by atoms with E-state index in [2.05, 4.69) is 37.1 Å². The van der Waals surface area contributed by atoms with Crippen LogP contribution < -0.4 is 5.32 Å². The normalized spacial score (nSPS) is 24.1. The lowest BCUT2D eigenvalue weighted by atomic mass is 9.85. The van der Waals surface area contributed by atoms with Crippen LogP contribution in [0, 0.1) is 12.3 Å². The Morgan fingerprint density at radius 3 is 2.88 bits per heavy atom. The van der Waals surface area contributed by atoms with Gasteiger partial charge in [0.15, 0.2) is 0 Å². The molecule has 1 heterocycles. The minimum absolute atomic E-state index is 0.528. The molecular formula is C15H24N2. The van der Waals surface area contributed by atoms with Crippen molar-refractivity contribution in [1.29, 1.82) is 0 Å². The van der Waals surface area contributed by atoms with Crippen molar-refractivity contribution < 1.29 is 0 Å². The monoisotopic (exact) mass is 232 g/mol. The van der Waals surface area contributed by atoms with E-state index >= 15 is 0 Å². The molecule has 2 nitrogen and oxygen atoms in total. The van der Waals surface area contributed by atoms with Crippen molar-refractivity contribution in [2.45, 2.75) is 58.9 Å². The topological polar surface area (TPSA) is 24.9 Å². The molecule has 0 saturated heterocycles. The van der Waals surface area contributed by atoms with E-state index in [-0.39, 0.29) is 0 Å². The van der Waals surface area contributed by atoms with Gasteiger partial charge in [-0.25, -0.2) is 0 Å². The second-order valence-corrected chi connectivity index (χ2v) is 6.07. The first kappa shape index (κ1) is 12.4. The first-order valence-corrected chi connectivity index (χ1v) is 6.75. The molecule has 94 valence electrons. The SMILES string of the molecule is Cc1ncccc1NC1CCCC(C)(C)CC1. The Balaban J connectivity index is 1.98. The summed E-state index contributed by atoms with van der Waals surface area (Å²) in [5.41, 5.74) is 2.84. The molecule has 1 unspecified atom stereocenters. The third-order valence-electron chi connectivity index (χ3n) is 3.94. The molecule has 2 rings (SSSR count). The maximum atomic E-state index is 4.33. The zero-order valence-corrected chi connectivity index (χ0v) is 11.3. The number of hydrogen-bond donors (Lipinski definition) is 1. The van der Waals surface area contributed by atoms with Gasteiger partial charge in [-0.05, 0) is 50.2 Å². The highest BCUT2D eigenvalue weighted by molar-refractivity contribution is 5.47. The minimum atomic E-state index is 0.528. The Morgan fingerprint density at radius 2 is 2.12 bits per heavy atom. The summed E-state index contributed by atoms with van der Waals surface area (Å²) < 4.78 is 0. The van der Waals surface area contributed by atoms with Gasteiger partial charge < -0.3 is 5.32 Å². The standard InChI is InChI=1S/C15H24N2/c1-12-14(7-5-11-16-12)17-13-6-4-9-15(2,3)10-8-13/h5,7,11,13,17H,4,6,8-10H2,1-3H3. The van der Waals surface area contributed by atoms with Gasteiger partial charge in [-0.2, -0.15) is 0 Å². The van der Waals surface area contributed by atoms with Crippen molar-refractivity contribution in [3.63, 3.8) is 0 Å². The van der Waals surface area contributed by atoms with E-state index in [0.29, 0.717) is 11.5 Å². The van der Waals surface area contributed by atoms with Gasteiger partial charge in [0.05, 0.1) is 11.4 Å². The average Bonchev–Trinajstić information content (AvgIpc) is 2.44. The van der Waals surface area contributed by atoms with Crippen LogP contribution in [-0.4, -0.2) is 11.0 Å². The minimum Gasteiger partial charge on any atom is -0.381 e. The molecule has 1 fully saturated rings. The smallest absolute Gasteiger partial charge is 0.0603 e. The number of pyridine rings is 1. The quantitative estimate of drug-likeness (QED) is 0.774. The summed E-state index contributed by atoms with van der Waals surface area (Å²) >= 11 is 0. The largest absolute Gasteiger partial charge is 0.381 e. The number of nitrogens with one attached hydrogen (secondary N) is 1. The van der Waals surface area contributed by atoms with Crippen molar-refractivity contribution in [1.82, 2.24) is 4.98 Å². The van der Waals surface area contributed by atoms with E-state index in [1.165, 1.54) is 37.8 Å². The Hall–Kier alpha value is -1.05. The number of rotatable bonds is 2. The molecule has 1 aliphatic carbocycles. The lowest BCUT2D eigenvalue weighted by Gasteiger charge is -2.22. The Labute approximate surface area is 105 Å². The first-order chi connectivity index (χ1) is 8.07. The third kappa shape index (κ3) is 3.45. The molecule has 1 atom stereocenters. The van der Waals surface area contributed by atoms with Crippen molar-refractivity contribution in [2.75, 3.05) is 5.32 Å². The van der Waals surface area contributed by atoms with Crippen LogP contribution in [-0.2, 0) is 0 Å². The maximum absolute atomic E-state index is 4.33. The number of anilines is 1. The zero-order valence-electron chi connectivity index (χ0n) is 11.3. The number of hydrogen-bond acceptors (Lipinski definition) is 2. The highest BCUT2D eigenvalue weighted by Gasteiger charge is 2.24. The van der Waals surface area contributed by atoms with Crippen LogP contribution in [0.15, 0.2) is 18.3 Å². The molecule has 0 aliphatic heterocycles. The molecule has 1 aliphatic rings. The summed E-state index contributed by atoms with van der Waals surface area (Å²) in [4.78, 5) is 4.33. The van der Waals surface area contributed by atoms with Crippen LogP contribution in [0.5, 0.6) is 0 Å². The Bertz CT molecular complexity index is 371. The van der Waals surface area contributed by atoms with E-state index in [1.54, 1.807) is 0 Å². The van der Waals surface area contributed by atoms with Crippen molar-refractivity contribution >= 4 is 5.69 Å².